The van der Waals surface area contributed by atoms with Crippen molar-refractivity contribution in [1.82, 2.24) is 9.88 Å². The number of nitrogens with zero attached hydrogens (tertiary/aromatic N) is 2. The van der Waals surface area contributed by atoms with Gasteiger partial charge < -0.3 is 14.4 Å². The summed E-state index contributed by atoms with van der Waals surface area (Å²) in [4.78, 5) is 18.8. The van der Waals surface area contributed by atoms with Crippen LogP contribution in [0.15, 0.2) is 48.7 Å². The van der Waals surface area contributed by atoms with Crippen molar-refractivity contribution >= 4 is 5.91 Å². The molecule has 1 aliphatic rings. The fraction of sp³-hybridized carbons (Fsp3) is 0.400. The van der Waals surface area contributed by atoms with Gasteiger partial charge in [-0.15, -0.1) is 0 Å². The first-order chi connectivity index (χ1) is 12.3. The van der Waals surface area contributed by atoms with Crippen LogP contribution in [0.3, 0.4) is 0 Å². The highest BCUT2D eigenvalue weighted by Crippen LogP contribution is 2.23. The number of carbonyl (C=O) groups is 1. The quantitative estimate of drug-likeness (QED) is 0.727. The zero-order valence-electron chi connectivity index (χ0n) is 14.6. The highest BCUT2D eigenvalue weighted by Gasteiger charge is 2.27. The third-order valence-electron chi connectivity index (χ3n) is 4.46. The first kappa shape index (κ1) is 17.4. The molecule has 1 fully saturated rings. The SMILES string of the molecule is COCCOc1cc(C(=O)N2CCC(Cc3ccccc3)C2)ccn1. The van der Waals surface area contributed by atoms with Crippen molar-refractivity contribution in [3.63, 3.8) is 0 Å². The van der Waals surface area contributed by atoms with Crippen molar-refractivity contribution in [2.45, 2.75) is 12.8 Å². The number of methoxy groups -OCH3 is 1. The molecule has 2 aromatic rings. The maximum absolute atomic E-state index is 12.7. The van der Waals surface area contributed by atoms with E-state index < -0.39 is 0 Å². The zero-order chi connectivity index (χ0) is 17.5. The van der Waals surface area contributed by atoms with E-state index >= 15 is 0 Å². The van der Waals surface area contributed by atoms with Crippen molar-refractivity contribution in [2.75, 3.05) is 33.4 Å². The van der Waals surface area contributed by atoms with Crippen LogP contribution >= 0.6 is 0 Å². The van der Waals surface area contributed by atoms with Gasteiger partial charge in [0.25, 0.3) is 5.91 Å². The summed E-state index contributed by atoms with van der Waals surface area (Å²) in [6.07, 6.45) is 3.68. The third-order valence-corrected chi connectivity index (χ3v) is 4.46. The Labute approximate surface area is 148 Å². The molecule has 0 aliphatic carbocycles. The van der Waals surface area contributed by atoms with Crippen LogP contribution in [0.2, 0.25) is 0 Å². The molecule has 5 heteroatoms. The van der Waals surface area contributed by atoms with Crippen LogP contribution in [-0.4, -0.2) is 49.2 Å². The Balaban J connectivity index is 1.57. The van der Waals surface area contributed by atoms with Gasteiger partial charge in [0.1, 0.15) is 6.61 Å². The Kier molecular flexibility index (Phi) is 6.01. The summed E-state index contributed by atoms with van der Waals surface area (Å²) >= 11 is 0. The summed E-state index contributed by atoms with van der Waals surface area (Å²) in [6, 6.07) is 13.9. The summed E-state index contributed by atoms with van der Waals surface area (Å²) in [5.74, 6) is 1.03. The summed E-state index contributed by atoms with van der Waals surface area (Å²) in [5.41, 5.74) is 1.96. The van der Waals surface area contributed by atoms with E-state index in [-0.39, 0.29) is 5.91 Å². The molecule has 1 amide bonds. The standard InChI is InChI=1S/C20H24N2O3/c1-24-11-12-25-19-14-18(7-9-21-19)20(23)22-10-8-17(15-22)13-16-5-3-2-4-6-16/h2-7,9,14,17H,8,10-13,15H2,1H3. The largest absolute Gasteiger partial charge is 0.475 e. The van der Waals surface area contributed by atoms with Gasteiger partial charge in [0.2, 0.25) is 5.88 Å². The Morgan fingerprint density at radius 2 is 2.08 bits per heavy atom. The molecular weight excluding hydrogens is 316 g/mol. The van der Waals surface area contributed by atoms with Crippen LogP contribution in [-0.2, 0) is 11.2 Å². The summed E-state index contributed by atoms with van der Waals surface area (Å²) in [6.45, 7) is 2.52. The molecule has 1 aromatic heterocycles. The molecule has 0 saturated carbocycles. The molecule has 1 saturated heterocycles. The van der Waals surface area contributed by atoms with Crippen molar-refractivity contribution in [3.8, 4) is 5.88 Å². The minimum absolute atomic E-state index is 0.0505. The number of carbonyl (C=O) groups excluding carboxylic acids is 1. The van der Waals surface area contributed by atoms with Gasteiger partial charge in [-0.2, -0.15) is 0 Å². The Morgan fingerprint density at radius 3 is 2.88 bits per heavy atom. The molecule has 1 aromatic carbocycles. The lowest BCUT2D eigenvalue weighted by atomic mass is 9.99. The molecule has 5 nitrogen and oxygen atoms in total. The normalized spacial score (nSPS) is 16.8. The predicted octanol–water partition coefficient (Wildman–Crippen LogP) is 2.81. The van der Waals surface area contributed by atoms with Gasteiger partial charge in [-0.3, -0.25) is 4.79 Å². The molecule has 132 valence electrons. The second kappa shape index (κ2) is 8.62. The van der Waals surface area contributed by atoms with Crippen LogP contribution in [0.4, 0.5) is 0 Å². The van der Waals surface area contributed by atoms with Gasteiger partial charge in [-0.05, 0) is 30.4 Å². The van der Waals surface area contributed by atoms with E-state index in [4.69, 9.17) is 9.47 Å². The Hall–Kier alpha value is -2.40. The number of hydrogen-bond donors (Lipinski definition) is 0. The van der Waals surface area contributed by atoms with E-state index in [1.165, 1.54) is 5.56 Å². The molecular formula is C20H24N2O3. The fourth-order valence-electron chi connectivity index (χ4n) is 3.16. The number of amides is 1. The molecule has 0 bridgehead atoms. The minimum Gasteiger partial charge on any atom is -0.475 e. The topological polar surface area (TPSA) is 51.7 Å². The maximum atomic E-state index is 12.7. The average molecular weight is 340 g/mol. The van der Waals surface area contributed by atoms with Crippen LogP contribution in [0, 0.1) is 5.92 Å². The minimum atomic E-state index is 0.0505. The lowest BCUT2D eigenvalue weighted by Gasteiger charge is -2.17. The summed E-state index contributed by atoms with van der Waals surface area (Å²) in [5, 5.41) is 0. The second-order valence-corrected chi connectivity index (χ2v) is 6.32. The fourth-order valence-corrected chi connectivity index (χ4v) is 3.16. The second-order valence-electron chi connectivity index (χ2n) is 6.32. The van der Waals surface area contributed by atoms with Gasteiger partial charge in [0, 0.05) is 38.0 Å². The molecule has 0 N–H and O–H groups in total. The van der Waals surface area contributed by atoms with Gasteiger partial charge >= 0.3 is 0 Å². The predicted molar refractivity (Wildman–Crippen MR) is 95.8 cm³/mol. The lowest BCUT2D eigenvalue weighted by molar-refractivity contribution is 0.0786. The van der Waals surface area contributed by atoms with Crippen LogP contribution in [0.25, 0.3) is 0 Å². The van der Waals surface area contributed by atoms with Gasteiger partial charge in [-0.25, -0.2) is 4.98 Å². The number of ether oxygens (including phenoxy) is 2. The molecule has 0 radical (unpaired) electrons. The summed E-state index contributed by atoms with van der Waals surface area (Å²) in [7, 11) is 1.62. The maximum Gasteiger partial charge on any atom is 0.254 e. The Morgan fingerprint density at radius 1 is 1.24 bits per heavy atom. The number of pyridine rings is 1. The van der Waals surface area contributed by atoms with Crippen molar-refractivity contribution in [1.29, 1.82) is 0 Å². The van der Waals surface area contributed by atoms with Crippen molar-refractivity contribution < 1.29 is 14.3 Å². The number of benzene rings is 1. The number of rotatable bonds is 7. The van der Waals surface area contributed by atoms with E-state index in [0.29, 0.717) is 30.6 Å². The first-order valence-corrected chi connectivity index (χ1v) is 8.67. The number of aromatic nitrogens is 1. The first-order valence-electron chi connectivity index (χ1n) is 8.67. The number of hydrogen-bond acceptors (Lipinski definition) is 4. The van der Waals surface area contributed by atoms with E-state index in [1.54, 1.807) is 25.4 Å². The van der Waals surface area contributed by atoms with Crippen LogP contribution < -0.4 is 4.74 Å². The molecule has 2 heterocycles. The van der Waals surface area contributed by atoms with Crippen molar-refractivity contribution in [2.24, 2.45) is 5.92 Å². The third kappa shape index (κ3) is 4.79. The lowest BCUT2D eigenvalue weighted by Crippen LogP contribution is -2.29. The van der Waals surface area contributed by atoms with E-state index in [2.05, 4.69) is 29.2 Å². The smallest absolute Gasteiger partial charge is 0.254 e. The van der Waals surface area contributed by atoms with E-state index in [0.717, 1.165) is 25.9 Å². The van der Waals surface area contributed by atoms with E-state index in [1.807, 2.05) is 11.0 Å². The van der Waals surface area contributed by atoms with Gasteiger partial charge in [0.15, 0.2) is 0 Å². The molecule has 1 unspecified atom stereocenters. The molecule has 25 heavy (non-hydrogen) atoms. The molecule has 3 rings (SSSR count). The monoisotopic (exact) mass is 340 g/mol. The highest BCUT2D eigenvalue weighted by atomic mass is 16.5. The van der Waals surface area contributed by atoms with Gasteiger partial charge in [0.05, 0.1) is 6.61 Å². The molecule has 1 atom stereocenters. The van der Waals surface area contributed by atoms with E-state index in [9.17, 15) is 4.79 Å². The van der Waals surface area contributed by atoms with Gasteiger partial charge in [-0.1, -0.05) is 30.3 Å². The number of likely N-dealkylation sites (tertiary alicyclic amines) is 1. The Bertz CT molecular complexity index is 690. The summed E-state index contributed by atoms with van der Waals surface area (Å²) < 4.78 is 10.4. The van der Waals surface area contributed by atoms with Crippen LogP contribution in [0.5, 0.6) is 5.88 Å². The zero-order valence-corrected chi connectivity index (χ0v) is 14.6. The van der Waals surface area contributed by atoms with Crippen molar-refractivity contribution in [3.05, 3.63) is 59.8 Å². The molecule has 1 aliphatic heterocycles. The highest BCUT2D eigenvalue weighted by molar-refractivity contribution is 5.94. The van der Waals surface area contributed by atoms with Crippen LogP contribution in [0.1, 0.15) is 22.3 Å². The average Bonchev–Trinajstić information content (AvgIpc) is 3.11. The molecule has 0 spiro atoms.